The average Bonchev–Trinajstić information content (AvgIpc) is 2.27. The van der Waals surface area contributed by atoms with Crippen LogP contribution in [0.1, 0.15) is 41.0 Å². The molecule has 0 bridgehead atoms. The molecule has 0 spiro atoms. The highest BCUT2D eigenvalue weighted by Gasteiger charge is 2.33. The van der Waals surface area contributed by atoms with Crippen molar-refractivity contribution in [2.24, 2.45) is 11.3 Å². The fraction of sp³-hybridized carbons (Fsp3) is 0.929. The third-order valence-corrected chi connectivity index (χ3v) is 3.33. The number of carbonyl (C=O) groups is 1. The van der Waals surface area contributed by atoms with Crippen LogP contribution in [-0.4, -0.2) is 43.7 Å². The Balaban J connectivity index is 4.53. The molecule has 0 fully saturated rings. The van der Waals surface area contributed by atoms with Crippen molar-refractivity contribution < 1.29 is 19.4 Å². The van der Waals surface area contributed by atoms with Crippen molar-refractivity contribution in [2.75, 3.05) is 26.9 Å². The number of methoxy groups -OCH3 is 1. The van der Waals surface area contributed by atoms with Crippen molar-refractivity contribution in [1.82, 2.24) is 5.32 Å². The zero-order valence-electron chi connectivity index (χ0n) is 13.1. The first-order valence-corrected chi connectivity index (χ1v) is 6.73. The van der Waals surface area contributed by atoms with Crippen molar-refractivity contribution in [3.63, 3.8) is 0 Å². The predicted octanol–water partition coefficient (Wildman–Crippen LogP) is 2.18. The van der Waals surface area contributed by atoms with Gasteiger partial charge >= 0.3 is 6.09 Å². The summed E-state index contributed by atoms with van der Waals surface area (Å²) in [5.41, 5.74) is -0.900. The van der Waals surface area contributed by atoms with Crippen LogP contribution in [-0.2, 0) is 9.47 Å². The van der Waals surface area contributed by atoms with E-state index in [-0.39, 0.29) is 17.9 Å². The van der Waals surface area contributed by atoms with E-state index < -0.39 is 11.7 Å². The first-order valence-electron chi connectivity index (χ1n) is 6.73. The van der Waals surface area contributed by atoms with Crippen LogP contribution in [0.4, 0.5) is 4.79 Å². The summed E-state index contributed by atoms with van der Waals surface area (Å²) in [4.78, 5) is 11.7. The highest BCUT2D eigenvalue weighted by atomic mass is 16.6. The first-order chi connectivity index (χ1) is 8.67. The average molecular weight is 275 g/mol. The SMILES string of the molecule is COCCC(CO)(CNC(=O)OC(C)(C)C)C(C)C. The minimum atomic E-state index is -0.518. The van der Waals surface area contributed by atoms with E-state index in [2.05, 4.69) is 5.32 Å². The Morgan fingerprint density at radius 1 is 1.32 bits per heavy atom. The number of ether oxygens (including phenoxy) is 2. The van der Waals surface area contributed by atoms with E-state index in [0.29, 0.717) is 19.6 Å². The molecule has 0 radical (unpaired) electrons. The van der Waals surface area contributed by atoms with Gasteiger partial charge in [0.25, 0.3) is 0 Å². The van der Waals surface area contributed by atoms with Crippen LogP contribution in [0.2, 0.25) is 0 Å². The minimum Gasteiger partial charge on any atom is -0.444 e. The molecule has 0 aliphatic heterocycles. The largest absolute Gasteiger partial charge is 0.444 e. The van der Waals surface area contributed by atoms with Gasteiger partial charge in [0.15, 0.2) is 0 Å². The van der Waals surface area contributed by atoms with Gasteiger partial charge in [0, 0.05) is 25.7 Å². The monoisotopic (exact) mass is 275 g/mol. The molecule has 5 nitrogen and oxygen atoms in total. The molecule has 0 saturated heterocycles. The second-order valence-electron chi connectivity index (χ2n) is 6.27. The Kier molecular flexibility index (Phi) is 7.37. The summed E-state index contributed by atoms with van der Waals surface area (Å²) in [5, 5.41) is 12.4. The number of alkyl carbamates (subject to hydrolysis) is 1. The molecule has 1 atom stereocenters. The lowest BCUT2D eigenvalue weighted by atomic mass is 9.75. The van der Waals surface area contributed by atoms with Gasteiger partial charge < -0.3 is 19.9 Å². The van der Waals surface area contributed by atoms with Gasteiger partial charge in [-0.2, -0.15) is 0 Å². The van der Waals surface area contributed by atoms with Gasteiger partial charge in [0.1, 0.15) is 5.60 Å². The molecule has 0 aromatic heterocycles. The van der Waals surface area contributed by atoms with Crippen LogP contribution in [0, 0.1) is 11.3 Å². The molecule has 0 saturated carbocycles. The van der Waals surface area contributed by atoms with Crippen molar-refractivity contribution in [3.05, 3.63) is 0 Å². The van der Waals surface area contributed by atoms with E-state index in [4.69, 9.17) is 9.47 Å². The number of aliphatic hydroxyl groups is 1. The van der Waals surface area contributed by atoms with Gasteiger partial charge in [-0.15, -0.1) is 0 Å². The molecule has 1 unspecified atom stereocenters. The normalized spacial score (nSPS) is 15.2. The molecule has 1 amide bonds. The predicted molar refractivity (Wildman–Crippen MR) is 75.1 cm³/mol. The Morgan fingerprint density at radius 3 is 2.26 bits per heavy atom. The highest BCUT2D eigenvalue weighted by molar-refractivity contribution is 5.67. The maximum absolute atomic E-state index is 11.7. The van der Waals surface area contributed by atoms with Gasteiger partial charge in [0.05, 0.1) is 6.61 Å². The van der Waals surface area contributed by atoms with E-state index in [1.54, 1.807) is 7.11 Å². The van der Waals surface area contributed by atoms with Crippen LogP contribution >= 0.6 is 0 Å². The number of carbonyl (C=O) groups excluding carboxylic acids is 1. The Hall–Kier alpha value is -0.810. The standard InChI is InChI=1S/C14H29NO4/c1-11(2)14(10-16,7-8-18-6)9-15-12(17)19-13(3,4)5/h11,16H,7-10H2,1-6H3,(H,15,17). The molecule has 0 aliphatic carbocycles. The Labute approximate surface area is 116 Å². The Morgan fingerprint density at radius 2 is 1.89 bits per heavy atom. The van der Waals surface area contributed by atoms with Gasteiger partial charge in [0.2, 0.25) is 0 Å². The van der Waals surface area contributed by atoms with Gasteiger partial charge in [-0.05, 0) is 33.1 Å². The van der Waals surface area contributed by atoms with E-state index in [1.165, 1.54) is 0 Å². The van der Waals surface area contributed by atoms with Crippen molar-refractivity contribution >= 4 is 6.09 Å². The third kappa shape index (κ3) is 6.78. The van der Waals surface area contributed by atoms with Gasteiger partial charge in [-0.1, -0.05) is 13.8 Å². The zero-order valence-corrected chi connectivity index (χ0v) is 13.1. The zero-order chi connectivity index (χ0) is 15.1. The fourth-order valence-electron chi connectivity index (χ4n) is 1.77. The van der Waals surface area contributed by atoms with Crippen LogP contribution in [0.3, 0.4) is 0 Å². The lowest BCUT2D eigenvalue weighted by Gasteiger charge is -2.36. The topological polar surface area (TPSA) is 67.8 Å². The molecule has 0 aliphatic rings. The summed E-state index contributed by atoms with van der Waals surface area (Å²) in [7, 11) is 1.63. The summed E-state index contributed by atoms with van der Waals surface area (Å²) in [6.07, 6.45) is 0.233. The highest BCUT2D eigenvalue weighted by Crippen LogP contribution is 2.30. The molecule has 5 heteroatoms. The Bertz CT molecular complexity index is 273. The number of amides is 1. The quantitative estimate of drug-likeness (QED) is 0.747. The fourth-order valence-corrected chi connectivity index (χ4v) is 1.77. The van der Waals surface area contributed by atoms with E-state index in [9.17, 15) is 9.90 Å². The number of aliphatic hydroxyl groups excluding tert-OH is 1. The molecular weight excluding hydrogens is 246 g/mol. The molecule has 19 heavy (non-hydrogen) atoms. The number of rotatable bonds is 7. The third-order valence-electron chi connectivity index (χ3n) is 3.33. The lowest BCUT2D eigenvalue weighted by molar-refractivity contribution is 0.0249. The maximum atomic E-state index is 11.7. The number of nitrogens with one attached hydrogen (secondary N) is 1. The summed E-state index contributed by atoms with van der Waals surface area (Å²) in [6.45, 7) is 10.4. The van der Waals surface area contributed by atoms with Gasteiger partial charge in [-0.25, -0.2) is 4.79 Å². The van der Waals surface area contributed by atoms with E-state index >= 15 is 0 Å². The smallest absolute Gasteiger partial charge is 0.407 e. The van der Waals surface area contributed by atoms with Crippen LogP contribution in [0.5, 0.6) is 0 Å². The van der Waals surface area contributed by atoms with Crippen molar-refractivity contribution in [3.8, 4) is 0 Å². The van der Waals surface area contributed by atoms with E-state index in [1.807, 2.05) is 34.6 Å². The summed E-state index contributed by atoms with van der Waals surface area (Å²) >= 11 is 0. The van der Waals surface area contributed by atoms with Crippen LogP contribution in [0.25, 0.3) is 0 Å². The molecule has 0 aromatic carbocycles. The summed E-state index contributed by atoms with van der Waals surface area (Å²) in [5.74, 6) is 0.225. The van der Waals surface area contributed by atoms with Crippen LogP contribution in [0.15, 0.2) is 0 Å². The second kappa shape index (κ2) is 7.70. The van der Waals surface area contributed by atoms with Crippen molar-refractivity contribution in [2.45, 2.75) is 46.6 Å². The lowest BCUT2D eigenvalue weighted by Crippen LogP contribution is -2.45. The minimum absolute atomic E-state index is 0.00379. The van der Waals surface area contributed by atoms with E-state index in [0.717, 1.165) is 0 Å². The van der Waals surface area contributed by atoms with Gasteiger partial charge in [-0.3, -0.25) is 0 Å². The first kappa shape index (κ1) is 18.2. The summed E-state index contributed by atoms with van der Waals surface area (Å²) in [6, 6.07) is 0. The number of hydrogen-bond donors (Lipinski definition) is 2. The molecule has 0 rings (SSSR count). The second-order valence-corrected chi connectivity index (χ2v) is 6.27. The van der Waals surface area contributed by atoms with Crippen molar-refractivity contribution in [1.29, 1.82) is 0 Å². The summed E-state index contributed by atoms with van der Waals surface area (Å²) < 4.78 is 10.3. The maximum Gasteiger partial charge on any atom is 0.407 e. The van der Waals surface area contributed by atoms with Crippen LogP contribution < -0.4 is 5.32 Å². The molecular formula is C14H29NO4. The number of hydrogen-bond acceptors (Lipinski definition) is 4. The molecule has 2 N–H and O–H groups in total. The molecule has 0 aromatic rings. The molecule has 114 valence electrons. The molecule has 0 heterocycles.